The van der Waals surface area contributed by atoms with E-state index in [9.17, 15) is 5.11 Å². The molecule has 1 aliphatic rings. The smallest absolute Gasteiger partial charge is 0.184 e. The van der Waals surface area contributed by atoms with Crippen LogP contribution >= 0.6 is 0 Å². The highest BCUT2D eigenvalue weighted by Gasteiger charge is 2.30. The minimum atomic E-state index is -0.151. The average Bonchev–Trinajstić information content (AvgIpc) is 2.73. The fraction of sp³-hybridized carbons (Fsp3) is 0.417. The van der Waals surface area contributed by atoms with Gasteiger partial charge in [-0.15, -0.1) is 0 Å². The van der Waals surface area contributed by atoms with Crippen molar-refractivity contribution in [3.63, 3.8) is 0 Å². The van der Waals surface area contributed by atoms with E-state index < -0.39 is 0 Å². The Morgan fingerprint density at radius 1 is 1.33 bits per heavy atom. The molecule has 0 radical (unpaired) electrons. The third-order valence-corrected chi connectivity index (χ3v) is 2.54. The van der Waals surface area contributed by atoms with Crippen LogP contribution in [0.25, 0.3) is 0 Å². The van der Waals surface area contributed by atoms with Crippen LogP contribution in [0.5, 0.6) is 0 Å². The third-order valence-electron chi connectivity index (χ3n) is 2.54. The molecule has 0 fully saturated rings. The van der Waals surface area contributed by atoms with Crippen LogP contribution in [0.3, 0.4) is 0 Å². The average molecular weight is 205 g/mol. The van der Waals surface area contributed by atoms with Crippen LogP contribution in [0, 0.1) is 0 Å². The van der Waals surface area contributed by atoms with Crippen molar-refractivity contribution in [2.75, 3.05) is 6.61 Å². The Bertz CT molecular complexity index is 348. The van der Waals surface area contributed by atoms with E-state index in [2.05, 4.69) is 4.99 Å². The molecule has 2 rings (SSSR count). The summed E-state index contributed by atoms with van der Waals surface area (Å²) in [4.78, 5) is 4.33. The highest BCUT2D eigenvalue weighted by atomic mass is 16.5. The molecule has 2 atom stereocenters. The van der Waals surface area contributed by atoms with Crippen LogP contribution in [0.15, 0.2) is 35.3 Å². The lowest BCUT2D eigenvalue weighted by molar-refractivity contribution is 0.149. The molecule has 0 bridgehead atoms. The maximum atomic E-state index is 9.22. The van der Waals surface area contributed by atoms with Gasteiger partial charge in [0.25, 0.3) is 0 Å². The van der Waals surface area contributed by atoms with Gasteiger partial charge in [-0.3, -0.25) is 0 Å². The van der Waals surface area contributed by atoms with Crippen molar-refractivity contribution < 1.29 is 9.84 Å². The molecule has 15 heavy (non-hydrogen) atoms. The fourth-order valence-corrected chi connectivity index (χ4v) is 1.75. The first-order valence-electron chi connectivity index (χ1n) is 5.24. The van der Waals surface area contributed by atoms with Gasteiger partial charge in [-0.2, -0.15) is 0 Å². The van der Waals surface area contributed by atoms with E-state index >= 15 is 0 Å². The number of benzene rings is 1. The van der Waals surface area contributed by atoms with Crippen molar-refractivity contribution in [2.24, 2.45) is 4.99 Å². The zero-order chi connectivity index (χ0) is 10.7. The van der Waals surface area contributed by atoms with Gasteiger partial charge in [-0.05, 0) is 5.56 Å². The molecule has 0 saturated heterocycles. The summed E-state index contributed by atoms with van der Waals surface area (Å²) in [7, 11) is 0. The standard InChI is InChI=1S/C12H15NO2/c1-2-11-13-10(8-14)12(15-11)9-6-4-3-5-7-9/h3-7,10,12,14H,2,8H2,1H3/t10-,12-/m0/s1. The number of rotatable bonds is 3. The lowest BCUT2D eigenvalue weighted by atomic mass is 10.0. The van der Waals surface area contributed by atoms with Gasteiger partial charge in [0.1, 0.15) is 12.1 Å². The molecule has 0 spiro atoms. The highest BCUT2D eigenvalue weighted by molar-refractivity contribution is 5.78. The zero-order valence-electron chi connectivity index (χ0n) is 8.76. The van der Waals surface area contributed by atoms with Crippen molar-refractivity contribution >= 4 is 5.90 Å². The molecule has 0 aromatic heterocycles. The van der Waals surface area contributed by atoms with Crippen molar-refractivity contribution in [3.8, 4) is 0 Å². The third kappa shape index (κ3) is 2.02. The summed E-state index contributed by atoms with van der Waals surface area (Å²) in [6.07, 6.45) is 0.658. The van der Waals surface area contributed by atoms with E-state index in [1.807, 2.05) is 37.3 Å². The first kappa shape index (κ1) is 10.2. The summed E-state index contributed by atoms with van der Waals surface area (Å²) >= 11 is 0. The van der Waals surface area contributed by atoms with Crippen molar-refractivity contribution in [2.45, 2.75) is 25.5 Å². The monoisotopic (exact) mass is 205 g/mol. The fourth-order valence-electron chi connectivity index (χ4n) is 1.75. The Morgan fingerprint density at radius 2 is 2.07 bits per heavy atom. The van der Waals surface area contributed by atoms with E-state index in [4.69, 9.17) is 4.74 Å². The van der Waals surface area contributed by atoms with Gasteiger partial charge >= 0.3 is 0 Å². The topological polar surface area (TPSA) is 41.8 Å². The SMILES string of the molecule is CCC1=N[C@@H](CO)[C@H](c2ccccc2)O1. The van der Waals surface area contributed by atoms with Crippen LogP contribution < -0.4 is 0 Å². The first-order chi connectivity index (χ1) is 7.35. The predicted molar refractivity (Wildman–Crippen MR) is 58.9 cm³/mol. The van der Waals surface area contributed by atoms with E-state index in [0.717, 1.165) is 17.9 Å². The largest absolute Gasteiger partial charge is 0.471 e. The van der Waals surface area contributed by atoms with Crippen LogP contribution in [-0.4, -0.2) is 23.7 Å². The molecule has 0 unspecified atom stereocenters. The maximum Gasteiger partial charge on any atom is 0.184 e. The van der Waals surface area contributed by atoms with Crippen LogP contribution in [0.2, 0.25) is 0 Å². The number of ether oxygens (including phenoxy) is 1. The van der Waals surface area contributed by atoms with Gasteiger partial charge in [0.15, 0.2) is 5.90 Å². The normalized spacial score (nSPS) is 24.8. The maximum absolute atomic E-state index is 9.22. The number of nitrogens with zero attached hydrogens (tertiary/aromatic N) is 1. The number of aliphatic hydroxyl groups is 1. The van der Waals surface area contributed by atoms with Crippen molar-refractivity contribution in [1.29, 1.82) is 0 Å². The molecule has 80 valence electrons. The lowest BCUT2D eigenvalue weighted by Gasteiger charge is -2.15. The molecule has 0 aliphatic carbocycles. The van der Waals surface area contributed by atoms with Crippen molar-refractivity contribution in [1.82, 2.24) is 0 Å². The number of hydrogen-bond acceptors (Lipinski definition) is 3. The Hall–Kier alpha value is -1.35. The Labute approximate surface area is 89.4 Å². The second kappa shape index (κ2) is 4.45. The molecular weight excluding hydrogens is 190 g/mol. The molecular formula is C12H15NO2. The number of aliphatic imine (C=N–C) groups is 1. The van der Waals surface area contributed by atoms with Gasteiger partial charge in [-0.25, -0.2) is 4.99 Å². The second-order valence-electron chi connectivity index (χ2n) is 3.58. The molecule has 3 nitrogen and oxygen atoms in total. The van der Waals surface area contributed by atoms with Gasteiger partial charge in [-0.1, -0.05) is 37.3 Å². The highest BCUT2D eigenvalue weighted by Crippen LogP contribution is 2.29. The minimum Gasteiger partial charge on any atom is -0.471 e. The van der Waals surface area contributed by atoms with Crippen LogP contribution in [0.4, 0.5) is 0 Å². The number of aliphatic hydroxyl groups excluding tert-OH is 1. The van der Waals surface area contributed by atoms with E-state index in [1.54, 1.807) is 0 Å². The zero-order valence-corrected chi connectivity index (χ0v) is 8.76. The summed E-state index contributed by atoms with van der Waals surface area (Å²) < 4.78 is 5.69. The molecule has 1 N–H and O–H groups in total. The van der Waals surface area contributed by atoms with Gasteiger partial charge < -0.3 is 9.84 Å². The van der Waals surface area contributed by atoms with Crippen LogP contribution in [0.1, 0.15) is 25.0 Å². The molecule has 1 aliphatic heterocycles. The molecule has 0 amide bonds. The summed E-state index contributed by atoms with van der Waals surface area (Å²) in [6, 6.07) is 9.76. The second-order valence-corrected chi connectivity index (χ2v) is 3.58. The molecule has 1 heterocycles. The van der Waals surface area contributed by atoms with Gasteiger partial charge in [0.05, 0.1) is 6.61 Å². The summed E-state index contributed by atoms with van der Waals surface area (Å²) in [6.45, 7) is 2.03. The Kier molecular flexibility index (Phi) is 3.02. The van der Waals surface area contributed by atoms with E-state index in [-0.39, 0.29) is 18.8 Å². The molecule has 3 heteroatoms. The minimum absolute atomic E-state index is 0.0308. The quantitative estimate of drug-likeness (QED) is 0.819. The van der Waals surface area contributed by atoms with Crippen molar-refractivity contribution in [3.05, 3.63) is 35.9 Å². The van der Waals surface area contributed by atoms with Gasteiger partial charge in [0, 0.05) is 6.42 Å². The van der Waals surface area contributed by atoms with E-state index in [0.29, 0.717) is 0 Å². The summed E-state index contributed by atoms with van der Waals surface area (Å²) in [5.41, 5.74) is 1.07. The lowest BCUT2D eigenvalue weighted by Crippen LogP contribution is -2.17. The summed E-state index contributed by atoms with van der Waals surface area (Å²) in [5.74, 6) is 0.739. The van der Waals surface area contributed by atoms with E-state index in [1.165, 1.54) is 0 Å². The first-order valence-corrected chi connectivity index (χ1v) is 5.24. The van der Waals surface area contributed by atoms with Gasteiger partial charge in [0.2, 0.25) is 0 Å². The summed E-state index contributed by atoms with van der Waals surface area (Å²) in [5, 5.41) is 9.22. The Morgan fingerprint density at radius 3 is 2.67 bits per heavy atom. The predicted octanol–water partition coefficient (Wildman–Crippen LogP) is 1.93. The Balaban J connectivity index is 2.19. The number of hydrogen-bond donors (Lipinski definition) is 1. The molecule has 1 aromatic carbocycles. The molecule has 0 saturated carbocycles. The molecule has 1 aromatic rings. The van der Waals surface area contributed by atoms with Crippen LogP contribution in [-0.2, 0) is 4.74 Å².